The summed E-state index contributed by atoms with van der Waals surface area (Å²) in [5.74, 6) is 0.896. The van der Waals surface area contributed by atoms with E-state index in [2.05, 4.69) is 22.0 Å². The SMILES string of the molecule is COc1ccc(N2CCN(C(=O)/C=C/c3cccc4cccnc34)CC2)cc1. The molecule has 142 valence electrons. The highest BCUT2D eigenvalue weighted by Crippen LogP contribution is 2.21. The highest BCUT2D eigenvalue weighted by atomic mass is 16.5. The lowest BCUT2D eigenvalue weighted by Crippen LogP contribution is -2.48. The largest absolute Gasteiger partial charge is 0.497 e. The second-order valence-corrected chi connectivity index (χ2v) is 6.77. The number of hydrogen-bond donors (Lipinski definition) is 0. The van der Waals surface area contributed by atoms with Crippen molar-refractivity contribution in [2.45, 2.75) is 0 Å². The molecule has 1 aliphatic rings. The summed E-state index contributed by atoms with van der Waals surface area (Å²) in [6.45, 7) is 3.06. The molecule has 2 heterocycles. The van der Waals surface area contributed by atoms with Crippen molar-refractivity contribution in [3.05, 3.63) is 72.4 Å². The van der Waals surface area contributed by atoms with Gasteiger partial charge in [0.15, 0.2) is 0 Å². The van der Waals surface area contributed by atoms with Crippen LogP contribution in [0.4, 0.5) is 5.69 Å². The van der Waals surface area contributed by atoms with E-state index in [9.17, 15) is 4.79 Å². The quantitative estimate of drug-likeness (QED) is 0.656. The number of amides is 1. The zero-order valence-electron chi connectivity index (χ0n) is 15.9. The van der Waals surface area contributed by atoms with Gasteiger partial charge >= 0.3 is 0 Å². The first-order valence-corrected chi connectivity index (χ1v) is 9.44. The number of aromatic nitrogens is 1. The molecule has 0 spiro atoms. The third-order valence-corrected chi connectivity index (χ3v) is 5.10. The highest BCUT2D eigenvalue weighted by Gasteiger charge is 2.19. The van der Waals surface area contributed by atoms with Crippen molar-refractivity contribution < 1.29 is 9.53 Å². The van der Waals surface area contributed by atoms with Gasteiger partial charge in [-0.2, -0.15) is 0 Å². The number of benzene rings is 2. The van der Waals surface area contributed by atoms with Crippen LogP contribution in [0.25, 0.3) is 17.0 Å². The number of rotatable bonds is 4. The predicted octanol–water partition coefficient (Wildman–Crippen LogP) is 3.61. The Morgan fingerprint density at radius 3 is 2.50 bits per heavy atom. The van der Waals surface area contributed by atoms with Crippen molar-refractivity contribution in [1.29, 1.82) is 0 Å². The van der Waals surface area contributed by atoms with E-state index in [1.54, 1.807) is 19.4 Å². The van der Waals surface area contributed by atoms with Crippen molar-refractivity contribution in [1.82, 2.24) is 9.88 Å². The molecule has 0 saturated carbocycles. The van der Waals surface area contributed by atoms with Gasteiger partial charge in [0.1, 0.15) is 5.75 Å². The summed E-state index contributed by atoms with van der Waals surface area (Å²) in [4.78, 5) is 21.2. The lowest BCUT2D eigenvalue weighted by Gasteiger charge is -2.35. The zero-order chi connectivity index (χ0) is 19.3. The fourth-order valence-electron chi connectivity index (χ4n) is 3.51. The molecule has 4 rings (SSSR count). The molecular weight excluding hydrogens is 350 g/mol. The molecule has 0 aliphatic carbocycles. The summed E-state index contributed by atoms with van der Waals surface area (Å²) < 4.78 is 5.21. The molecule has 3 aromatic rings. The van der Waals surface area contributed by atoms with Gasteiger partial charge in [-0.15, -0.1) is 0 Å². The first-order chi connectivity index (χ1) is 13.7. The molecule has 1 aliphatic heterocycles. The number of para-hydroxylation sites is 1. The number of ether oxygens (including phenoxy) is 1. The number of nitrogens with zero attached hydrogens (tertiary/aromatic N) is 3. The van der Waals surface area contributed by atoms with Crippen LogP contribution in [0.5, 0.6) is 5.75 Å². The van der Waals surface area contributed by atoms with Crippen LogP contribution in [0.15, 0.2) is 66.9 Å². The summed E-state index contributed by atoms with van der Waals surface area (Å²) in [5.41, 5.74) is 3.03. The zero-order valence-corrected chi connectivity index (χ0v) is 15.9. The molecule has 2 aromatic carbocycles. The number of anilines is 1. The maximum Gasteiger partial charge on any atom is 0.246 e. The molecule has 0 bridgehead atoms. The lowest BCUT2D eigenvalue weighted by molar-refractivity contribution is -0.126. The number of methoxy groups -OCH3 is 1. The van der Waals surface area contributed by atoms with Crippen LogP contribution in [0.1, 0.15) is 5.56 Å². The Morgan fingerprint density at radius 2 is 1.75 bits per heavy atom. The molecule has 1 aromatic heterocycles. The van der Waals surface area contributed by atoms with E-state index in [0.717, 1.165) is 41.0 Å². The van der Waals surface area contributed by atoms with Crippen LogP contribution in [-0.2, 0) is 4.79 Å². The van der Waals surface area contributed by atoms with Crippen molar-refractivity contribution in [3.8, 4) is 5.75 Å². The Morgan fingerprint density at radius 1 is 1.00 bits per heavy atom. The van der Waals surface area contributed by atoms with E-state index < -0.39 is 0 Å². The van der Waals surface area contributed by atoms with Crippen molar-refractivity contribution in [2.75, 3.05) is 38.2 Å². The second kappa shape index (κ2) is 8.13. The van der Waals surface area contributed by atoms with Crippen LogP contribution in [0.2, 0.25) is 0 Å². The minimum Gasteiger partial charge on any atom is -0.497 e. The van der Waals surface area contributed by atoms with E-state index in [1.165, 1.54) is 0 Å². The number of fused-ring (bicyclic) bond motifs is 1. The van der Waals surface area contributed by atoms with E-state index >= 15 is 0 Å². The highest BCUT2D eigenvalue weighted by molar-refractivity contribution is 5.95. The second-order valence-electron chi connectivity index (χ2n) is 6.77. The normalized spacial score (nSPS) is 14.6. The Hall–Kier alpha value is -3.34. The lowest BCUT2D eigenvalue weighted by atomic mass is 10.1. The summed E-state index contributed by atoms with van der Waals surface area (Å²) in [6.07, 6.45) is 5.31. The fourth-order valence-corrected chi connectivity index (χ4v) is 3.51. The maximum absolute atomic E-state index is 12.6. The smallest absolute Gasteiger partial charge is 0.246 e. The Labute approximate surface area is 164 Å². The standard InChI is InChI=1S/C23H23N3O2/c1-28-21-10-8-20(9-11-21)25-14-16-26(17-15-25)22(27)12-7-19-5-2-4-18-6-3-13-24-23(18)19/h2-13H,14-17H2,1H3/b12-7+. The Bertz CT molecular complexity index is 985. The van der Waals surface area contributed by atoms with Gasteiger partial charge in [-0.25, -0.2) is 0 Å². The minimum atomic E-state index is 0.0438. The maximum atomic E-state index is 12.6. The Balaban J connectivity index is 1.39. The van der Waals surface area contributed by atoms with Crippen LogP contribution < -0.4 is 9.64 Å². The predicted molar refractivity (Wildman–Crippen MR) is 113 cm³/mol. The van der Waals surface area contributed by atoms with Crippen molar-refractivity contribution in [3.63, 3.8) is 0 Å². The van der Waals surface area contributed by atoms with Crippen LogP contribution >= 0.6 is 0 Å². The van der Waals surface area contributed by atoms with E-state index in [4.69, 9.17) is 4.74 Å². The molecule has 1 saturated heterocycles. The Kier molecular flexibility index (Phi) is 5.24. The third-order valence-electron chi connectivity index (χ3n) is 5.10. The first-order valence-electron chi connectivity index (χ1n) is 9.44. The monoisotopic (exact) mass is 373 g/mol. The molecule has 0 N–H and O–H groups in total. The topological polar surface area (TPSA) is 45.7 Å². The third kappa shape index (κ3) is 3.83. The number of carbonyl (C=O) groups is 1. The average molecular weight is 373 g/mol. The number of pyridine rings is 1. The van der Waals surface area contributed by atoms with Gasteiger partial charge < -0.3 is 14.5 Å². The molecule has 1 fully saturated rings. The van der Waals surface area contributed by atoms with Crippen LogP contribution in [-0.4, -0.2) is 49.1 Å². The number of carbonyl (C=O) groups excluding carboxylic acids is 1. The summed E-state index contributed by atoms with van der Waals surface area (Å²) in [7, 11) is 1.67. The van der Waals surface area contributed by atoms with Gasteiger partial charge in [-0.1, -0.05) is 24.3 Å². The molecule has 5 nitrogen and oxygen atoms in total. The first kappa shape index (κ1) is 18.0. The molecule has 28 heavy (non-hydrogen) atoms. The van der Waals surface area contributed by atoms with Gasteiger partial charge in [-0.3, -0.25) is 9.78 Å². The molecular formula is C23H23N3O2. The molecule has 0 unspecified atom stereocenters. The summed E-state index contributed by atoms with van der Waals surface area (Å²) >= 11 is 0. The number of piperazine rings is 1. The van der Waals surface area contributed by atoms with Crippen molar-refractivity contribution in [2.24, 2.45) is 0 Å². The van der Waals surface area contributed by atoms with Crippen LogP contribution in [0.3, 0.4) is 0 Å². The molecule has 5 heteroatoms. The van der Waals surface area contributed by atoms with E-state index in [0.29, 0.717) is 13.1 Å². The minimum absolute atomic E-state index is 0.0438. The van der Waals surface area contributed by atoms with Gasteiger partial charge in [-0.05, 0) is 36.4 Å². The molecule has 0 atom stereocenters. The fraction of sp³-hybridized carbons (Fsp3) is 0.217. The van der Waals surface area contributed by atoms with Gasteiger partial charge in [0.05, 0.1) is 12.6 Å². The average Bonchev–Trinajstić information content (AvgIpc) is 2.77. The van der Waals surface area contributed by atoms with E-state index in [-0.39, 0.29) is 5.91 Å². The van der Waals surface area contributed by atoms with Gasteiger partial charge in [0, 0.05) is 55.1 Å². The van der Waals surface area contributed by atoms with Gasteiger partial charge in [0.2, 0.25) is 5.91 Å². The summed E-state index contributed by atoms with van der Waals surface area (Å²) in [6, 6.07) is 18.0. The molecule has 1 amide bonds. The van der Waals surface area contributed by atoms with Gasteiger partial charge in [0.25, 0.3) is 0 Å². The van der Waals surface area contributed by atoms with Crippen molar-refractivity contribution >= 4 is 28.6 Å². The van der Waals surface area contributed by atoms with Crippen LogP contribution in [0, 0.1) is 0 Å². The summed E-state index contributed by atoms with van der Waals surface area (Å²) in [5, 5.41) is 1.07. The molecule has 0 radical (unpaired) electrons. The van der Waals surface area contributed by atoms with E-state index in [1.807, 2.05) is 53.4 Å². The number of hydrogen-bond acceptors (Lipinski definition) is 4.